The lowest BCUT2D eigenvalue weighted by Crippen LogP contribution is -2.38. The van der Waals surface area contributed by atoms with E-state index in [1.807, 2.05) is 24.3 Å². The molecule has 4 nitrogen and oxygen atoms in total. The number of benzene rings is 1. The quantitative estimate of drug-likeness (QED) is 0.841. The zero-order chi connectivity index (χ0) is 14.4. The second-order valence-electron chi connectivity index (χ2n) is 5.23. The maximum Gasteiger partial charge on any atom is 0.327 e. The molecular formula is C16H23NO3. The monoisotopic (exact) mass is 277 g/mol. The molecule has 0 amide bonds. The summed E-state index contributed by atoms with van der Waals surface area (Å²) in [6.07, 6.45) is 5.99. The Morgan fingerprint density at radius 3 is 2.65 bits per heavy atom. The van der Waals surface area contributed by atoms with Gasteiger partial charge in [0, 0.05) is 6.04 Å². The van der Waals surface area contributed by atoms with Crippen LogP contribution in [0.15, 0.2) is 24.3 Å². The minimum Gasteiger partial charge on any atom is -0.497 e. The molecule has 0 saturated heterocycles. The fourth-order valence-electron chi connectivity index (χ4n) is 2.74. The lowest BCUT2D eigenvalue weighted by molar-refractivity contribution is -0.143. The Morgan fingerprint density at radius 1 is 1.25 bits per heavy atom. The highest BCUT2D eigenvalue weighted by Crippen LogP contribution is 2.24. The van der Waals surface area contributed by atoms with Gasteiger partial charge in [-0.05, 0) is 30.5 Å². The van der Waals surface area contributed by atoms with Crippen LogP contribution in [-0.4, -0.2) is 26.2 Å². The minimum absolute atomic E-state index is 0.246. The molecule has 1 N–H and O–H groups in total. The van der Waals surface area contributed by atoms with Crippen molar-refractivity contribution in [1.29, 1.82) is 0 Å². The molecule has 0 heterocycles. The first-order chi connectivity index (χ1) is 9.74. The van der Waals surface area contributed by atoms with E-state index in [-0.39, 0.29) is 5.97 Å². The molecule has 0 aromatic heterocycles. The highest BCUT2D eigenvalue weighted by Gasteiger charge is 2.25. The average Bonchev–Trinajstić information content (AvgIpc) is 2.53. The maximum atomic E-state index is 12.1. The summed E-state index contributed by atoms with van der Waals surface area (Å²) in [5.41, 5.74) is 0.891. The highest BCUT2D eigenvalue weighted by molar-refractivity contribution is 5.77. The first-order valence-corrected chi connectivity index (χ1v) is 7.22. The van der Waals surface area contributed by atoms with Gasteiger partial charge >= 0.3 is 5.97 Å². The van der Waals surface area contributed by atoms with Crippen molar-refractivity contribution in [3.63, 3.8) is 0 Å². The predicted octanol–water partition coefficient (Wildman–Crippen LogP) is 2.83. The van der Waals surface area contributed by atoms with Gasteiger partial charge in [-0.2, -0.15) is 0 Å². The number of nitrogens with one attached hydrogen (secondary N) is 1. The molecule has 110 valence electrons. The van der Waals surface area contributed by atoms with E-state index in [1.54, 1.807) is 7.11 Å². The van der Waals surface area contributed by atoms with Crippen LogP contribution in [0, 0.1) is 0 Å². The van der Waals surface area contributed by atoms with Gasteiger partial charge in [-0.1, -0.05) is 31.4 Å². The molecule has 0 spiro atoms. The third-order valence-electron chi connectivity index (χ3n) is 3.87. The van der Waals surface area contributed by atoms with E-state index in [1.165, 1.54) is 26.4 Å². The van der Waals surface area contributed by atoms with Gasteiger partial charge in [-0.25, -0.2) is 4.79 Å². The molecule has 1 saturated carbocycles. The van der Waals surface area contributed by atoms with Gasteiger partial charge in [0.25, 0.3) is 0 Å². The van der Waals surface area contributed by atoms with Crippen molar-refractivity contribution in [2.45, 2.75) is 44.2 Å². The minimum atomic E-state index is -0.418. The van der Waals surface area contributed by atoms with Gasteiger partial charge in [-0.15, -0.1) is 0 Å². The Morgan fingerprint density at radius 2 is 2.00 bits per heavy atom. The Hall–Kier alpha value is -1.55. The zero-order valence-electron chi connectivity index (χ0n) is 12.2. The number of ether oxygens (including phenoxy) is 2. The van der Waals surface area contributed by atoms with Crippen molar-refractivity contribution >= 4 is 5.97 Å². The molecule has 1 aliphatic rings. The van der Waals surface area contributed by atoms with Crippen molar-refractivity contribution in [3.8, 4) is 5.75 Å². The van der Waals surface area contributed by atoms with Crippen molar-refractivity contribution < 1.29 is 14.3 Å². The van der Waals surface area contributed by atoms with Crippen LogP contribution in [-0.2, 0) is 9.53 Å². The Balaban J connectivity index is 2.15. The fourth-order valence-corrected chi connectivity index (χ4v) is 2.74. The number of carbonyl (C=O) groups excluding carboxylic acids is 1. The molecule has 2 rings (SSSR count). The van der Waals surface area contributed by atoms with Crippen LogP contribution < -0.4 is 10.1 Å². The van der Waals surface area contributed by atoms with E-state index in [2.05, 4.69) is 5.32 Å². The molecular weight excluding hydrogens is 254 g/mol. The SMILES string of the molecule is COC(=O)C(NC1CCCCC1)c1cccc(OC)c1. The Labute approximate surface area is 120 Å². The summed E-state index contributed by atoms with van der Waals surface area (Å²) in [4.78, 5) is 12.1. The van der Waals surface area contributed by atoms with E-state index in [9.17, 15) is 4.79 Å². The van der Waals surface area contributed by atoms with Crippen LogP contribution in [0.25, 0.3) is 0 Å². The van der Waals surface area contributed by atoms with E-state index < -0.39 is 6.04 Å². The number of methoxy groups -OCH3 is 2. The summed E-state index contributed by atoms with van der Waals surface area (Å²) in [7, 11) is 3.05. The van der Waals surface area contributed by atoms with Crippen LogP contribution in [0.3, 0.4) is 0 Å². The average molecular weight is 277 g/mol. The van der Waals surface area contributed by atoms with Gasteiger partial charge in [-0.3, -0.25) is 5.32 Å². The molecule has 1 atom stereocenters. The number of hydrogen-bond acceptors (Lipinski definition) is 4. The first-order valence-electron chi connectivity index (χ1n) is 7.22. The second-order valence-corrected chi connectivity index (χ2v) is 5.23. The molecule has 1 fully saturated rings. The van der Waals surface area contributed by atoms with Crippen molar-refractivity contribution in [3.05, 3.63) is 29.8 Å². The lowest BCUT2D eigenvalue weighted by Gasteiger charge is -2.27. The van der Waals surface area contributed by atoms with E-state index in [4.69, 9.17) is 9.47 Å². The summed E-state index contributed by atoms with van der Waals surface area (Å²) >= 11 is 0. The Kier molecular flexibility index (Phi) is 5.41. The van der Waals surface area contributed by atoms with Crippen LogP contribution in [0.2, 0.25) is 0 Å². The van der Waals surface area contributed by atoms with Gasteiger partial charge < -0.3 is 9.47 Å². The summed E-state index contributed by atoms with van der Waals surface area (Å²) in [6, 6.07) is 7.56. The standard InChI is InChI=1S/C16H23NO3/c1-19-14-10-6-7-12(11-14)15(16(18)20-2)17-13-8-4-3-5-9-13/h6-7,10-11,13,15,17H,3-5,8-9H2,1-2H3. The maximum absolute atomic E-state index is 12.1. The van der Waals surface area contributed by atoms with E-state index in [0.717, 1.165) is 24.2 Å². The smallest absolute Gasteiger partial charge is 0.327 e. The molecule has 1 aromatic carbocycles. The predicted molar refractivity (Wildman–Crippen MR) is 77.8 cm³/mol. The topological polar surface area (TPSA) is 47.6 Å². The van der Waals surface area contributed by atoms with E-state index >= 15 is 0 Å². The first kappa shape index (κ1) is 14.9. The number of esters is 1. The van der Waals surface area contributed by atoms with Crippen LogP contribution >= 0.6 is 0 Å². The van der Waals surface area contributed by atoms with Crippen molar-refractivity contribution in [2.75, 3.05) is 14.2 Å². The van der Waals surface area contributed by atoms with Gasteiger partial charge in [0.05, 0.1) is 14.2 Å². The molecule has 1 unspecified atom stereocenters. The highest BCUT2D eigenvalue weighted by atomic mass is 16.5. The van der Waals surface area contributed by atoms with Crippen molar-refractivity contribution in [2.24, 2.45) is 0 Å². The third-order valence-corrected chi connectivity index (χ3v) is 3.87. The molecule has 4 heteroatoms. The fraction of sp³-hybridized carbons (Fsp3) is 0.562. The summed E-state index contributed by atoms with van der Waals surface area (Å²) < 4.78 is 10.2. The van der Waals surface area contributed by atoms with Crippen molar-refractivity contribution in [1.82, 2.24) is 5.32 Å². The second kappa shape index (κ2) is 7.29. The zero-order valence-corrected chi connectivity index (χ0v) is 12.2. The lowest BCUT2D eigenvalue weighted by atomic mass is 9.94. The molecule has 0 aliphatic heterocycles. The summed E-state index contributed by atoms with van der Waals surface area (Å²) in [5.74, 6) is 0.505. The van der Waals surface area contributed by atoms with Crippen LogP contribution in [0.4, 0.5) is 0 Å². The van der Waals surface area contributed by atoms with Gasteiger partial charge in [0.15, 0.2) is 0 Å². The Bertz CT molecular complexity index is 441. The molecule has 20 heavy (non-hydrogen) atoms. The van der Waals surface area contributed by atoms with E-state index in [0.29, 0.717) is 6.04 Å². The molecule has 0 bridgehead atoms. The molecule has 1 aliphatic carbocycles. The molecule has 1 aromatic rings. The van der Waals surface area contributed by atoms with Crippen LogP contribution in [0.1, 0.15) is 43.7 Å². The number of hydrogen-bond donors (Lipinski definition) is 1. The van der Waals surface area contributed by atoms with Gasteiger partial charge in [0.1, 0.15) is 11.8 Å². The normalized spacial score (nSPS) is 17.5. The largest absolute Gasteiger partial charge is 0.497 e. The third kappa shape index (κ3) is 3.73. The molecule has 0 radical (unpaired) electrons. The van der Waals surface area contributed by atoms with Crippen LogP contribution in [0.5, 0.6) is 5.75 Å². The number of carbonyl (C=O) groups is 1. The summed E-state index contributed by atoms with van der Waals surface area (Å²) in [6.45, 7) is 0. The van der Waals surface area contributed by atoms with Gasteiger partial charge in [0.2, 0.25) is 0 Å². The summed E-state index contributed by atoms with van der Waals surface area (Å²) in [5, 5.41) is 3.44. The number of rotatable bonds is 5.